The van der Waals surface area contributed by atoms with Crippen LogP contribution in [-0.2, 0) is 0 Å². The van der Waals surface area contributed by atoms with Crippen molar-refractivity contribution in [2.24, 2.45) is 5.92 Å². The highest BCUT2D eigenvalue weighted by Gasteiger charge is 2.41. The van der Waals surface area contributed by atoms with Crippen LogP contribution in [0.2, 0.25) is 5.02 Å². The summed E-state index contributed by atoms with van der Waals surface area (Å²) in [5.74, 6) is -0.769. The first kappa shape index (κ1) is 14.5. The molecule has 0 aromatic heterocycles. The Balaban J connectivity index is 1.85. The number of Topliss-reactive ketones (excluding diaryl/α,β-unsaturated/α-hetero) is 1. The van der Waals surface area contributed by atoms with Gasteiger partial charge in [0.25, 0.3) is 0 Å². The molecule has 2 aliphatic heterocycles. The molecule has 1 aromatic carbocycles. The molecular formula is C15H16BrClFNO. The Hall–Kier alpha value is -0.450. The van der Waals surface area contributed by atoms with E-state index in [0.29, 0.717) is 16.6 Å². The minimum atomic E-state index is -0.600. The number of nitrogens with zero attached hydrogens (tertiary/aromatic N) is 1. The van der Waals surface area contributed by atoms with Crippen LogP contribution in [0.5, 0.6) is 0 Å². The Labute approximate surface area is 131 Å². The van der Waals surface area contributed by atoms with E-state index in [2.05, 4.69) is 27.9 Å². The summed E-state index contributed by atoms with van der Waals surface area (Å²) in [6, 6.07) is 4.11. The van der Waals surface area contributed by atoms with Crippen molar-refractivity contribution in [2.45, 2.75) is 37.8 Å². The molecule has 0 N–H and O–H groups in total. The highest BCUT2D eigenvalue weighted by atomic mass is 79.9. The zero-order valence-electron chi connectivity index (χ0n) is 11.2. The van der Waals surface area contributed by atoms with Crippen molar-refractivity contribution in [3.63, 3.8) is 0 Å². The molecule has 0 saturated carbocycles. The molecule has 2 nitrogen and oxygen atoms in total. The van der Waals surface area contributed by atoms with Crippen LogP contribution in [0.4, 0.5) is 4.39 Å². The number of hydrogen-bond donors (Lipinski definition) is 0. The Morgan fingerprint density at radius 3 is 2.55 bits per heavy atom. The molecule has 2 aliphatic rings. The largest absolute Gasteiger partial charge is 0.300 e. The van der Waals surface area contributed by atoms with Crippen LogP contribution in [0.3, 0.4) is 0 Å². The SMILES string of the molecule is CN1C2CCC1CC(C(=O)c1ccc(Br)c(Cl)c1F)C2. The lowest BCUT2D eigenvalue weighted by atomic mass is 9.85. The van der Waals surface area contributed by atoms with Crippen molar-refractivity contribution in [1.29, 1.82) is 0 Å². The van der Waals surface area contributed by atoms with E-state index in [1.54, 1.807) is 6.07 Å². The Bertz CT molecular complexity index is 551. The first-order valence-electron chi connectivity index (χ1n) is 6.88. The second kappa shape index (κ2) is 5.39. The van der Waals surface area contributed by atoms with Crippen molar-refractivity contribution < 1.29 is 9.18 Å². The van der Waals surface area contributed by atoms with E-state index < -0.39 is 5.82 Å². The number of fused-ring (bicyclic) bond motifs is 2. The van der Waals surface area contributed by atoms with Crippen molar-refractivity contribution in [3.8, 4) is 0 Å². The highest BCUT2D eigenvalue weighted by Crippen LogP contribution is 2.39. The predicted octanol–water partition coefficient (Wildman–Crippen LogP) is 4.30. The zero-order valence-corrected chi connectivity index (χ0v) is 13.5. The van der Waals surface area contributed by atoms with Gasteiger partial charge in [-0.3, -0.25) is 4.79 Å². The predicted molar refractivity (Wildman–Crippen MR) is 80.7 cm³/mol. The van der Waals surface area contributed by atoms with E-state index >= 15 is 0 Å². The van der Waals surface area contributed by atoms with Gasteiger partial charge in [0, 0.05) is 22.5 Å². The van der Waals surface area contributed by atoms with Gasteiger partial charge < -0.3 is 4.90 Å². The molecular weight excluding hydrogens is 345 g/mol. The standard InChI is InChI=1S/C15H16BrClFNO/c1-19-9-2-3-10(19)7-8(6-9)15(20)11-4-5-12(16)13(17)14(11)18/h4-5,8-10H,2-3,6-7H2,1H3. The van der Waals surface area contributed by atoms with Crippen molar-refractivity contribution in [3.05, 3.63) is 33.0 Å². The quantitative estimate of drug-likeness (QED) is 0.579. The van der Waals surface area contributed by atoms with E-state index in [-0.39, 0.29) is 22.3 Å². The minimum absolute atomic E-state index is 0.00764. The molecule has 20 heavy (non-hydrogen) atoms. The Morgan fingerprint density at radius 1 is 1.35 bits per heavy atom. The molecule has 2 bridgehead atoms. The topological polar surface area (TPSA) is 20.3 Å². The molecule has 0 amide bonds. The van der Waals surface area contributed by atoms with Gasteiger partial charge in [0.2, 0.25) is 0 Å². The lowest BCUT2D eigenvalue weighted by Gasteiger charge is -2.35. The molecule has 108 valence electrons. The van der Waals surface area contributed by atoms with Gasteiger partial charge in [0.05, 0.1) is 10.6 Å². The molecule has 2 atom stereocenters. The summed E-state index contributed by atoms with van der Waals surface area (Å²) >= 11 is 9.05. The van der Waals surface area contributed by atoms with Gasteiger partial charge in [-0.05, 0) is 60.8 Å². The average molecular weight is 361 g/mol. The number of rotatable bonds is 2. The van der Waals surface area contributed by atoms with Crippen molar-refractivity contribution in [2.75, 3.05) is 7.05 Å². The summed E-state index contributed by atoms with van der Waals surface area (Å²) in [4.78, 5) is 14.9. The third-order valence-corrected chi connectivity index (χ3v) is 6.03. The van der Waals surface area contributed by atoms with Crippen molar-refractivity contribution in [1.82, 2.24) is 4.90 Å². The highest BCUT2D eigenvalue weighted by molar-refractivity contribution is 9.10. The first-order valence-corrected chi connectivity index (χ1v) is 8.05. The van der Waals surface area contributed by atoms with E-state index in [1.807, 2.05) is 0 Å². The fourth-order valence-corrected chi connectivity index (χ4v) is 4.03. The van der Waals surface area contributed by atoms with E-state index in [9.17, 15) is 9.18 Å². The van der Waals surface area contributed by atoms with Gasteiger partial charge in [0.15, 0.2) is 11.6 Å². The maximum absolute atomic E-state index is 14.2. The van der Waals surface area contributed by atoms with Gasteiger partial charge >= 0.3 is 0 Å². The fourth-order valence-electron chi connectivity index (χ4n) is 3.56. The fraction of sp³-hybridized carbons (Fsp3) is 0.533. The van der Waals surface area contributed by atoms with Gasteiger partial charge in [0.1, 0.15) is 0 Å². The number of benzene rings is 1. The molecule has 2 saturated heterocycles. The van der Waals surface area contributed by atoms with E-state index in [0.717, 1.165) is 25.7 Å². The summed E-state index contributed by atoms with van der Waals surface area (Å²) in [5.41, 5.74) is 0.132. The Kier molecular flexibility index (Phi) is 3.91. The van der Waals surface area contributed by atoms with Crippen LogP contribution >= 0.6 is 27.5 Å². The van der Waals surface area contributed by atoms with Crippen LogP contribution in [0, 0.1) is 11.7 Å². The lowest BCUT2D eigenvalue weighted by molar-refractivity contribution is 0.0763. The second-order valence-corrected chi connectivity index (χ2v) is 7.04. The summed E-state index contributed by atoms with van der Waals surface area (Å²) in [6.45, 7) is 0. The van der Waals surface area contributed by atoms with Gasteiger partial charge in [-0.15, -0.1) is 0 Å². The molecule has 0 radical (unpaired) electrons. The summed E-state index contributed by atoms with van der Waals surface area (Å²) in [7, 11) is 2.13. The number of hydrogen-bond acceptors (Lipinski definition) is 2. The molecule has 3 rings (SSSR count). The normalized spacial score (nSPS) is 29.7. The number of piperidine rings is 1. The van der Waals surface area contributed by atoms with Crippen LogP contribution in [0.15, 0.2) is 16.6 Å². The maximum atomic E-state index is 14.2. The first-order chi connectivity index (χ1) is 9.49. The molecule has 2 heterocycles. The third-order valence-electron chi connectivity index (χ3n) is 4.77. The van der Waals surface area contributed by atoms with Crippen LogP contribution in [0.25, 0.3) is 0 Å². The molecule has 1 aromatic rings. The van der Waals surface area contributed by atoms with E-state index in [1.165, 1.54) is 6.07 Å². The number of carbonyl (C=O) groups excluding carboxylic acids is 1. The third kappa shape index (κ3) is 2.32. The summed E-state index contributed by atoms with van der Waals surface area (Å²) in [5, 5.41) is -0.00764. The molecule has 2 fully saturated rings. The molecule has 2 unspecified atom stereocenters. The average Bonchev–Trinajstić information content (AvgIpc) is 2.66. The second-order valence-electron chi connectivity index (χ2n) is 5.81. The van der Waals surface area contributed by atoms with Gasteiger partial charge in [-0.25, -0.2) is 4.39 Å². The monoisotopic (exact) mass is 359 g/mol. The van der Waals surface area contributed by atoms with Gasteiger partial charge in [-0.1, -0.05) is 11.6 Å². The maximum Gasteiger partial charge on any atom is 0.169 e. The van der Waals surface area contributed by atoms with Crippen LogP contribution < -0.4 is 0 Å². The molecule has 0 aliphatic carbocycles. The van der Waals surface area contributed by atoms with Gasteiger partial charge in [-0.2, -0.15) is 0 Å². The molecule has 5 heteroatoms. The van der Waals surface area contributed by atoms with Crippen LogP contribution in [0.1, 0.15) is 36.0 Å². The molecule has 0 spiro atoms. The summed E-state index contributed by atoms with van der Waals surface area (Å²) < 4.78 is 14.6. The van der Waals surface area contributed by atoms with E-state index in [4.69, 9.17) is 11.6 Å². The minimum Gasteiger partial charge on any atom is -0.300 e. The lowest BCUT2D eigenvalue weighted by Crippen LogP contribution is -2.42. The number of ketones is 1. The number of halogens is 3. The Morgan fingerprint density at radius 2 is 1.95 bits per heavy atom. The smallest absolute Gasteiger partial charge is 0.169 e. The number of carbonyl (C=O) groups is 1. The zero-order chi connectivity index (χ0) is 14.4. The van der Waals surface area contributed by atoms with Crippen LogP contribution in [-0.4, -0.2) is 29.8 Å². The van der Waals surface area contributed by atoms with Crippen molar-refractivity contribution >= 4 is 33.3 Å². The summed E-state index contributed by atoms with van der Waals surface area (Å²) in [6.07, 6.45) is 3.96.